The second-order valence-corrected chi connectivity index (χ2v) is 6.06. The molecule has 0 saturated carbocycles. The fourth-order valence-corrected chi connectivity index (χ4v) is 2.45. The smallest absolute Gasteiger partial charge is 0.338 e. The van der Waals surface area contributed by atoms with Gasteiger partial charge in [-0.25, -0.2) is 4.79 Å². The zero-order valence-electron chi connectivity index (χ0n) is 13.3. The van der Waals surface area contributed by atoms with Crippen LogP contribution in [0.1, 0.15) is 31.8 Å². The molecule has 5 nitrogen and oxygen atoms in total. The van der Waals surface area contributed by atoms with Gasteiger partial charge >= 0.3 is 5.97 Å². The van der Waals surface area contributed by atoms with E-state index in [1.807, 2.05) is 19.9 Å². The largest absolute Gasteiger partial charge is 0.452 e. The first-order valence-electron chi connectivity index (χ1n) is 7.20. The van der Waals surface area contributed by atoms with Crippen molar-refractivity contribution < 1.29 is 19.1 Å². The summed E-state index contributed by atoms with van der Waals surface area (Å²) in [7, 11) is 0. The lowest BCUT2D eigenvalue weighted by Gasteiger charge is -2.12. The maximum Gasteiger partial charge on any atom is 0.338 e. The monoisotopic (exact) mass is 389 g/mol. The molecule has 0 fully saturated rings. The third kappa shape index (κ3) is 4.29. The number of carbonyl (C=O) groups excluding carboxylic acids is 3. The molecule has 0 aliphatic heterocycles. The second-order valence-electron chi connectivity index (χ2n) is 5.21. The van der Waals surface area contributed by atoms with Crippen molar-refractivity contribution in [1.82, 2.24) is 0 Å². The summed E-state index contributed by atoms with van der Waals surface area (Å²) < 4.78 is 5.94. The number of nitrogens with one attached hydrogen (secondary N) is 1. The maximum absolute atomic E-state index is 12.0. The van der Waals surface area contributed by atoms with Crippen LogP contribution >= 0.6 is 15.9 Å². The van der Waals surface area contributed by atoms with Crippen molar-refractivity contribution in [1.29, 1.82) is 0 Å². The third-order valence-electron chi connectivity index (χ3n) is 3.61. The van der Waals surface area contributed by atoms with Gasteiger partial charge in [-0.1, -0.05) is 28.1 Å². The van der Waals surface area contributed by atoms with Gasteiger partial charge in [0.05, 0.1) is 5.56 Å². The number of aldehydes is 1. The molecule has 2 aromatic rings. The topological polar surface area (TPSA) is 72.5 Å². The van der Waals surface area contributed by atoms with Gasteiger partial charge in [0, 0.05) is 15.7 Å². The number of hydrogen-bond donors (Lipinski definition) is 1. The molecule has 0 spiro atoms. The highest BCUT2D eigenvalue weighted by atomic mass is 79.9. The first-order valence-corrected chi connectivity index (χ1v) is 7.99. The number of rotatable bonds is 5. The highest BCUT2D eigenvalue weighted by Crippen LogP contribution is 2.25. The molecule has 6 heteroatoms. The molecular formula is C18H16BrNO4. The van der Waals surface area contributed by atoms with Crippen LogP contribution in [0, 0.1) is 13.8 Å². The average molecular weight is 390 g/mol. The van der Waals surface area contributed by atoms with Gasteiger partial charge in [-0.15, -0.1) is 0 Å². The lowest BCUT2D eigenvalue weighted by atomic mass is 10.1. The Labute approximate surface area is 148 Å². The summed E-state index contributed by atoms with van der Waals surface area (Å²) in [6, 6.07) is 9.61. The molecule has 0 aliphatic carbocycles. The Bertz CT molecular complexity index is 784. The van der Waals surface area contributed by atoms with Crippen LogP contribution in [0.4, 0.5) is 5.69 Å². The summed E-state index contributed by atoms with van der Waals surface area (Å²) in [6.45, 7) is 3.46. The van der Waals surface area contributed by atoms with Crippen molar-refractivity contribution in [3.63, 3.8) is 0 Å². The van der Waals surface area contributed by atoms with E-state index in [1.165, 1.54) is 24.3 Å². The summed E-state index contributed by atoms with van der Waals surface area (Å²) in [5.41, 5.74) is 3.38. The third-order valence-corrected chi connectivity index (χ3v) is 4.47. The van der Waals surface area contributed by atoms with E-state index in [9.17, 15) is 14.4 Å². The first kappa shape index (κ1) is 17.9. The van der Waals surface area contributed by atoms with Crippen LogP contribution in [0.25, 0.3) is 0 Å². The predicted molar refractivity (Wildman–Crippen MR) is 94.4 cm³/mol. The number of hydrogen-bond acceptors (Lipinski definition) is 4. The van der Waals surface area contributed by atoms with E-state index >= 15 is 0 Å². The summed E-state index contributed by atoms with van der Waals surface area (Å²) in [5.74, 6) is -1.04. The fraction of sp³-hybridized carbons (Fsp3) is 0.167. The minimum atomic E-state index is -0.619. The lowest BCUT2D eigenvalue weighted by molar-refractivity contribution is -0.119. The molecule has 0 unspecified atom stereocenters. The standard InChI is InChI=1S/C18H16BrNO4/c1-11-12(2)16(8-7-15(11)19)20-17(22)10-24-18(23)14-5-3-13(9-21)4-6-14/h3-9H,10H2,1-2H3,(H,20,22). The van der Waals surface area contributed by atoms with E-state index in [2.05, 4.69) is 21.2 Å². The molecule has 1 N–H and O–H groups in total. The lowest BCUT2D eigenvalue weighted by Crippen LogP contribution is -2.21. The van der Waals surface area contributed by atoms with Gasteiger partial charge in [-0.05, 0) is 49.2 Å². The van der Waals surface area contributed by atoms with Gasteiger partial charge in [-0.2, -0.15) is 0 Å². The Morgan fingerprint density at radius 2 is 1.75 bits per heavy atom. The molecule has 0 aromatic heterocycles. The SMILES string of the molecule is Cc1c(Br)ccc(NC(=O)COC(=O)c2ccc(C=O)cc2)c1C. The van der Waals surface area contributed by atoms with Crippen LogP contribution in [0.3, 0.4) is 0 Å². The molecule has 0 radical (unpaired) electrons. The van der Waals surface area contributed by atoms with Crippen LogP contribution in [-0.2, 0) is 9.53 Å². The van der Waals surface area contributed by atoms with Gasteiger partial charge in [-0.3, -0.25) is 9.59 Å². The minimum Gasteiger partial charge on any atom is -0.452 e. The predicted octanol–water partition coefficient (Wildman–Crippen LogP) is 3.67. The highest BCUT2D eigenvalue weighted by Gasteiger charge is 2.12. The number of halogens is 1. The Morgan fingerprint density at radius 1 is 1.08 bits per heavy atom. The van der Waals surface area contributed by atoms with Crippen LogP contribution in [-0.4, -0.2) is 24.8 Å². The Morgan fingerprint density at radius 3 is 2.38 bits per heavy atom. The summed E-state index contributed by atoms with van der Waals surface area (Å²) in [4.78, 5) is 34.4. The summed E-state index contributed by atoms with van der Waals surface area (Å²) >= 11 is 3.43. The molecule has 0 heterocycles. The molecule has 0 saturated heterocycles. The molecular weight excluding hydrogens is 374 g/mol. The Hall–Kier alpha value is -2.47. The van der Waals surface area contributed by atoms with Crippen molar-refractivity contribution in [2.75, 3.05) is 11.9 Å². The number of benzene rings is 2. The molecule has 0 aliphatic rings. The molecule has 1 amide bonds. The van der Waals surface area contributed by atoms with Gasteiger partial charge in [0.15, 0.2) is 6.61 Å². The number of amides is 1. The minimum absolute atomic E-state index is 0.282. The normalized spacial score (nSPS) is 10.1. The first-order chi connectivity index (χ1) is 11.4. The summed E-state index contributed by atoms with van der Waals surface area (Å²) in [5, 5.41) is 2.72. The van der Waals surface area contributed by atoms with Crippen LogP contribution < -0.4 is 5.32 Å². The van der Waals surface area contributed by atoms with E-state index in [4.69, 9.17) is 4.74 Å². The van der Waals surface area contributed by atoms with Crippen molar-refractivity contribution in [3.05, 3.63) is 63.1 Å². The molecule has 124 valence electrons. The van der Waals surface area contributed by atoms with Crippen LogP contribution in [0.2, 0.25) is 0 Å². The van der Waals surface area contributed by atoms with Gasteiger partial charge in [0.25, 0.3) is 5.91 Å². The van der Waals surface area contributed by atoms with E-state index in [0.717, 1.165) is 15.6 Å². The highest BCUT2D eigenvalue weighted by molar-refractivity contribution is 9.10. The Kier molecular flexibility index (Phi) is 5.87. The van der Waals surface area contributed by atoms with E-state index in [1.54, 1.807) is 6.07 Å². The quantitative estimate of drug-likeness (QED) is 0.625. The zero-order valence-corrected chi connectivity index (χ0v) is 14.8. The van der Waals surface area contributed by atoms with Gasteiger partial charge in [0.2, 0.25) is 0 Å². The molecule has 0 bridgehead atoms. The van der Waals surface area contributed by atoms with Gasteiger partial charge < -0.3 is 10.1 Å². The van der Waals surface area contributed by atoms with E-state index in [-0.39, 0.29) is 12.2 Å². The maximum atomic E-state index is 12.0. The van der Waals surface area contributed by atoms with Gasteiger partial charge in [0.1, 0.15) is 6.29 Å². The molecule has 0 atom stereocenters. The van der Waals surface area contributed by atoms with Crippen molar-refractivity contribution in [3.8, 4) is 0 Å². The molecule has 24 heavy (non-hydrogen) atoms. The molecule has 2 aromatic carbocycles. The van der Waals surface area contributed by atoms with E-state index in [0.29, 0.717) is 17.5 Å². The fourth-order valence-electron chi connectivity index (χ4n) is 2.02. The Balaban J connectivity index is 1.94. The average Bonchev–Trinajstić information content (AvgIpc) is 2.60. The molecule has 2 rings (SSSR count). The number of esters is 1. The number of ether oxygens (including phenoxy) is 1. The number of anilines is 1. The second kappa shape index (κ2) is 7.88. The number of carbonyl (C=O) groups is 3. The van der Waals surface area contributed by atoms with Crippen LogP contribution in [0.15, 0.2) is 40.9 Å². The van der Waals surface area contributed by atoms with Crippen molar-refractivity contribution >= 4 is 39.8 Å². The van der Waals surface area contributed by atoms with Crippen LogP contribution in [0.5, 0.6) is 0 Å². The van der Waals surface area contributed by atoms with Crippen molar-refractivity contribution in [2.24, 2.45) is 0 Å². The van der Waals surface area contributed by atoms with E-state index < -0.39 is 11.9 Å². The zero-order chi connectivity index (χ0) is 17.7. The summed E-state index contributed by atoms with van der Waals surface area (Å²) in [6.07, 6.45) is 0.686. The van der Waals surface area contributed by atoms with Crippen molar-refractivity contribution in [2.45, 2.75) is 13.8 Å².